The van der Waals surface area contributed by atoms with E-state index in [0.29, 0.717) is 6.04 Å². The molecule has 0 unspecified atom stereocenters. The van der Waals surface area contributed by atoms with Crippen LogP contribution in [0.2, 0.25) is 0 Å². The molecule has 0 bridgehead atoms. The first-order valence-corrected chi connectivity index (χ1v) is 6.98. The highest BCUT2D eigenvalue weighted by Crippen LogP contribution is 2.17. The van der Waals surface area contributed by atoms with Gasteiger partial charge < -0.3 is 16.2 Å². The van der Waals surface area contributed by atoms with Gasteiger partial charge in [0.2, 0.25) is 11.8 Å². The second-order valence-corrected chi connectivity index (χ2v) is 5.28. The van der Waals surface area contributed by atoms with Crippen LogP contribution in [0.15, 0.2) is 0 Å². The zero-order valence-electron chi connectivity index (χ0n) is 11.7. The molecule has 0 radical (unpaired) electrons. The fourth-order valence-electron chi connectivity index (χ4n) is 2.30. The Bertz CT molecular complexity index is 367. The third-order valence-corrected chi connectivity index (χ3v) is 3.46. The lowest BCUT2D eigenvalue weighted by atomic mass is 9.95. The summed E-state index contributed by atoms with van der Waals surface area (Å²) in [6.07, 6.45) is 5.09. The fraction of sp³-hybridized carbons (Fsp3) is 0.769. The van der Waals surface area contributed by atoms with Crippen LogP contribution in [-0.2, 0) is 14.4 Å². The topological polar surface area (TPSA) is 122 Å². The number of carboxylic acid groups (broad SMARTS) is 1. The number of hydrogen-bond acceptors (Lipinski definition) is 5. The van der Waals surface area contributed by atoms with Crippen molar-refractivity contribution in [3.63, 3.8) is 0 Å². The Kier molecular flexibility index (Phi) is 6.60. The molecule has 7 nitrogen and oxygen atoms in total. The fourth-order valence-corrected chi connectivity index (χ4v) is 2.30. The highest BCUT2D eigenvalue weighted by molar-refractivity contribution is 6.00. The minimum Gasteiger partial charge on any atom is -0.481 e. The maximum atomic E-state index is 11.8. The Balaban J connectivity index is 2.36. The van der Waals surface area contributed by atoms with Gasteiger partial charge in [-0.25, -0.2) is 0 Å². The van der Waals surface area contributed by atoms with Gasteiger partial charge in [0.25, 0.3) is 0 Å². The maximum absolute atomic E-state index is 11.8. The van der Waals surface area contributed by atoms with E-state index in [1.165, 1.54) is 6.42 Å². The number of hydrogen-bond donors (Lipinski definition) is 4. The quantitative estimate of drug-likeness (QED) is 0.533. The van der Waals surface area contributed by atoms with Gasteiger partial charge in [-0.05, 0) is 19.8 Å². The van der Waals surface area contributed by atoms with Gasteiger partial charge in [-0.1, -0.05) is 19.3 Å². The molecule has 0 aliphatic heterocycles. The van der Waals surface area contributed by atoms with E-state index >= 15 is 0 Å². The summed E-state index contributed by atoms with van der Waals surface area (Å²) in [5.74, 6) is -2.40. The van der Waals surface area contributed by atoms with Crippen LogP contribution in [-0.4, -0.2) is 41.0 Å². The van der Waals surface area contributed by atoms with E-state index in [2.05, 4.69) is 10.6 Å². The lowest BCUT2D eigenvalue weighted by Gasteiger charge is -2.26. The van der Waals surface area contributed by atoms with Gasteiger partial charge in [0.15, 0.2) is 0 Å². The summed E-state index contributed by atoms with van der Waals surface area (Å²) in [6, 6.07) is -1.41. The standard InChI is InChI=1S/C13H23N3O4/c1-8(15-9-5-3-2-4-6-9)12(19)16-13(20)10(14)7-11(17)18/h8-10,15H,2-7,14H2,1H3,(H,17,18)(H,16,19,20)/t8-,10-/m0/s1. The van der Waals surface area contributed by atoms with Crippen LogP contribution in [0.4, 0.5) is 0 Å². The molecule has 0 saturated heterocycles. The summed E-state index contributed by atoms with van der Waals surface area (Å²) in [5.41, 5.74) is 5.39. The number of amides is 2. The second-order valence-electron chi connectivity index (χ2n) is 5.28. The van der Waals surface area contributed by atoms with Crippen molar-refractivity contribution >= 4 is 17.8 Å². The number of carboxylic acids is 1. The third kappa shape index (κ3) is 5.66. The van der Waals surface area contributed by atoms with Crippen molar-refractivity contribution in [2.24, 2.45) is 5.73 Å². The van der Waals surface area contributed by atoms with Gasteiger partial charge in [-0.2, -0.15) is 0 Å². The predicted octanol–water partition coefficient (Wildman–Crippen LogP) is -0.258. The van der Waals surface area contributed by atoms with Gasteiger partial charge in [0, 0.05) is 6.04 Å². The Morgan fingerprint density at radius 3 is 2.35 bits per heavy atom. The SMILES string of the molecule is C[C@H](NC1CCCCC1)C(=O)NC(=O)[C@@H](N)CC(=O)O. The molecular weight excluding hydrogens is 262 g/mol. The van der Waals surface area contributed by atoms with Gasteiger partial charge in [-0.3, -0.25) is 19.7 Å². The summed E-state index contributed by atoms with van der Waals surface area (Å²) in [7, 11) is 0. The molecule has 20 heavy (non-hydrogen) atoms. The number of nitrogens with two attached hydrogens (primary N) is 1. The molecule has 0 heterocycles. The first-order valence-electron chi connectivity index (χ1n) is 6.98. The van der Waals surface area contributed by atoms with Crippen molar-refractivity contribution in [1.82, 2.24) is 10.6 Å². The van der Waals surface area contributed by atoms with E-state index < -0.39 is 36.3 Å². The summed E-state index contributed by atoms with van der Waals surface area (Å²) in [5, 5.41) is 13.9. The van der Waals surface area contributed by atoms with Crippen molar-refractivity contribution in [3.05, 3.63) is 0 Å². The third-order valence-electron chi connectivity index (χ3n) is 3.46. The molecule has 2 atom stereocenters. The summed E-state index contributed by atoms with van der Waals surface area (Å²) in [4.78, 5) is 33.8. The van der Waals surface area contributed by atoms with E-state index in [9.17, 15) is 14.4 Å². The first-order chi connectivity index (χ1) is 9.40. The molecule has 0 aromatic carbocycles. The number of carbonyl (C=O) groups is 3. The van der Waals surface area contributed by atoms with Crippen molar-refractivity contribution in [3.8, 4) is 0 Å². The molecule has 0 spiro atoms. The van der Waals surface area contributed by atoms with Crippen molar-refractivity contribution in [2.75, 3.05) is 0 Å². The van der Waals surface area contributed by atoms with Crippen LogP contribution in [0.5, 0.6) is 0 Å². The Labute approximate surface area is 118 Å². The molecule has 7 heteroatoms. The number of imide groups is 1. The average molecular weight is 285 g/mol. The van der Waals surface area contributed by atoms with E-state index in [4.69, 9.17) is 10.8 Å². The lowest BCUT2D eigenvalue weighted by Crippen LogP contribution is -2.52. The van der Waals surface area contributed by atoms with E-state index in [1.54, 1.807) is 6.92 Å². The lowest BCUT2D eigenvalue weighted by molar-refractivity contribution is -0.140. The monoisotopic (exact) mass is 285 g/mol. The number of carbonyl (C=O) groups excluding carboxylic acids is 2. The average Bonchev–Trinajstić information content (AvgIpc) is 2.38. The van der Waals surface area contributed by atoms with Crippen LogP contribution in [0.1, 0.15) is 45.4 Å². The second kappa shape index (κ2) is 7.96. The van der Waals surface area contributed by atoms with Gasteiger partial charge in [0.1, 0.15) is 0 Å². The van der Waals surface area contributed by atoms with Gasteiger partial charge >= 0.3 is 5.97 Å². The Morgan fingerprint density at radius 1 is 1.20 bits per heavy atom. The summed E-state index contributed by atoms with van der Waals surface area (Å²) in [6.45, 7) is 1.68. The van der Waals surface area contributed by atoms with Crippen LogP contribution < -0.4 is 16.4 Å². The van der Waals surface area contributed by atoms with Gasteiger partial charge in [-0.15, -0.1) is 0 Å². The molecule has 0 aromatic heterocycles. The Hall–Kier alpha value is -1.47. The number of nitrogens with one attached hydrogen (secondary N) is 2. The number of rotatable bonds is 6. The summed E-state index contributed by atoms with van der Waals surface area (Å²) < 4.78 is 0. The van der Waals surface area contributed by atoms with E-state index in [1.807, 2.05) is 0 Å². The molecule has 0 aromatic rings. The molecule has 5 N–H and O–H groups in total. The zero-order valence-corrected chi connectivity index (χ0v) is 11.7. The van der Waals surface area contributed by atoms with Crippen LogP contribution in [0.25, 0.3) is 0 Å². The summed E-state index contributed by atoms with van der Waals surface area (Å²) >= 11 is 0. The highest BCUT2D eigenvalue weighted by Gasteiger charge is 2.24. The normalized spacial score (nSPS) is 19.1. The van der Waals surface area contributed by atoms with Gasteiger partial charge in [0.05, 0.1) is 18.5 Å². The molecule has 1 saturated carbocycles. The minimum atomic E-state index is -1.21. The van der Waals surface area contributed by atoms with Crippen molar-refractivity contribution < 1.29 is 19.5 Å². The van der Waals surface area contributed by atoms with Crippen LogP contribution >= 0.6 is 0 Å². The van der Waals surface area contributed by atoms with E-state index in [0.717, 1.165) is 25.7 Å². The zero-order chi connectivity index (χ0) is 15.1. The molecule has 1 aliphatic rings. The molecule has 1 fully saturated rings. The van der Waals surface area contributed by atoms with Crippen molar-refractivity contribution in [1.29, 1.82) is 0 Å². The molecular formula is C13H23N3O4. The minimum absolute atomic E-state index is 0.298. The highest BCUT2D eigenvalue weighted by atomic mass is 16.4. The predicted molar refractivity (Wildman–Crippen MR) is 72.8 cm³/mol. The Morgan fingerprint density at radius 2 is 1.80 bits per heavy atom. The smallest absolute Gasteiger partial charge is 0.305 e. The van der Waals surface area contributed by atoms with E-state index in [-0.39, 0.29) is 0 Å². The molecule has 2 amide bonds. The first kappa shape index (κ1) is 16.6. The van der Waals surface area contributed by atoms with Crippen molar-refractivity contribution in [2.45, 2.75) is 63.6 Å². The molecule has 114 valence electrons. The molecule has 1 aliphatic carbocycles. The largest absolute Gasteiger partial charge is 0.481 e. The number of aliphatic carboxylic acids is 1. The maximum Gasteiger partial charge on any atom is 0.305 e. The molecule has 1 rings (SSSR count). The van der Waals surface area contributed by atoms with Crippen LogP contribution in [0, 0.1) is 0 Å². The van der Waals surface area contributed by atoms with Crippen LogP contribution in [0.3, 0.4) is 0 Å².